The number of hydrogen-bond acceptors (Lipinski definition) is 2. The van der Waals surface area contributed by atoms with Crippen LogP contribution in [0.25, 0.3) is 0 Å². The van der Waals surface area contributed by atoms with Gasteiger partial charge in [0.15, 0.2) is 0 Å². The van der Waals surface area contributed by atoms with Gasteiger partial charge in [0.25, 0.3) is 0 Å². The van der Waals surface area contributed by atoms with Gasteiger partial charge in [-0.1, -0.05) is 6.07 Å². The summed E-state index contributed by atoms with van der Waals surface area (Å²) in [6.45, 7) is 2.12. The molecular formula is C14H19NO. The van der Waals surface area contributed by atoms with Crippen molar-refractivity contribution in [1.29, 1.82) is 0 Å². The van der Waals surface area contributed by atoms with Crippen molar-refractivity contribution in [3.63, 3.8) is 0 Å². The smallest absolute Gasteiger partial charge is 0.119 e. The van der Waals surface area contributed by atoms with Crippen LogP contribution in [0.4, 0.5) is 0 Å². The topological polar surface area (TPSA) is 32.3 Å². The zero-order valence-electron chi connectivity index (χ0n) is 9.63. The Bertz CT molecular complexity index is 394. The van der Waals surface area contributed by atoms with E-state index in [9.17, 15) is 5.11 Å². The zero-order chi connectivity index (χ0) is 11.0. The van der Waals surface area contributed by atoms with E-state index in [2.05, 4.69) is 11.4 Å². The molecule has 0 amide bonds. The first-order valence-electron chi connectivity index (χ1n) is 6.40. The van der Waals surface area contributed by atoms with E-state index >= 15 is 0 Å². The Balaban J connectivity index is 2.06. The number of rotatable bonds is 1. The number of aryl methyl sites for hydroxylation is 1. The molecule has 1 saturated heterocycles. The van der Waals surface area contributed by atoms with Crippen molar-refractivity contribution >= 4 is 0 Å². The Labute approximate surface area is 96.7 Å². The zero-order valence-corrected chi connectivity index (χ0v) is 9.63. The summed E-state index contributed by atoms with van der Waals surface area (Å²) in [6, 6.07) is 4.02. The van der Waals surface area contributed by atoms with Gasteiger partial charge in [0.05, 0.1) is 0 Å². The molecule has 0 radical (unpaired) electrons. The summed E-state index contributed by atoms with van der Waals surface area (Å²) in [4.78, 5) is 0. The predicted octanol–water partition coefficient (Wildman–Crippen LogP) is 2.35. The molecule has 1 unspecified atom stereocenters. The number of phenolic OH excluding ortho intramolecular Hbond substituents is 1. The van der Waals surface area contributed by atoms with Crippen molar-refractivity contribution in [1.82, 2.24) is 5.32 Å². The number of hydrogen-bond donors (Lipinski definition) is 2. The normalized spacial score (nSPS) is 24.4. The van der Waals surface area contributed by atoms with Gasteiger partial charge in [-0.15, -0.1) is 0 Å². The first-order valence-corrected chi connectivity index (χ1v) is 6.40. The number of fused-ring (bicyclic) bond motifs is 1. The van der Waals surface area contributed by atoms with E-state index in [0.29, 0.717) is 11.7 Å². The molecule has 1 aliphatic carbocycles. The molecule has 0 saturated carbocycles. The van der Waals surface area contributed by atoms with Crippen molar-refractivity contribution in [2.75, 3.05) is 13.1 Å². The maximum Gasteiger partial charge on any atom is 0.119 e. The number of phenols is 1. The highest BCUT2D eigenvalue weighted by Gasteiger charge is 2.25. The standard InChI is InChI=1S/C14H19NO/c16-13-6-5-10-3-1-2-4-12(10)14(13)11-7-8-15-9-11/h5-6,11,15-16H,1-4,7-9H2. The predicted molar refractivity (Wildman–Crippen MR) is 65.0 cm³/mol. The van der Waals surface area contributed by atoms with Crippen LogP contribution < -0.4 is 5.32 Å². The number of nitrogens with one attached hydrogen (secondary N) is 1. The van der Waals surface area contributed by atoms with Crippen LogP contribution in [0.1, 0.15) is 41.9 Å². The molecule has 16 heavy (non-hydrogen) atoms. The van der Waals surface area contributed by atoms with Crippen LogP contribution in [-0.2, 0) is 12.8 Å². The summed E-state index contributed by atoms with van der Waals surface area (Å²) >= 11 is 0. The van der Waals surface area contributed by atoms with E-state index in [0.717, 1.165) is 19.5 Å². The van der Waals surface area contributed by atoms with Crippen molar-refractivity contribution in [2.45, 2.75) is 38.0 Å². The molecule has 1 aromatic rings. The van der Waals surface area contributed by atoms with E-state index in [1.54, 1.807) is 0 Å². The van der Waals surface area contributed by atoms with Gasteiger partial charge in [-0.2, -0.15) is 0 Å². The summed E-state index contributed by atoms with van der Waals surface area (Å²) in [7, 11) is 0. The van der Waals surface area contributed by atoms with Crippen LogP contribution in [0, 0.1) is 0 Å². The average Bonchev–Trinajstić information content (AvgIpc) is 2.82. The van der Waals surface area contributed by atoms with Gasteiger partial charge >= 0.3 is 0 Å². The minimum Gasteiger partial charge on any atom is -0.508 e. The van der Waals surface area contributed by atoms with Gasteiger partial charge in [0, 0.05) is 18.0 Å². The average molecular weight is 217 g/mol. The molecule has 2 aliphatic rings. The van der Waals surface area contributed by atoms with Gasteiger partial charge < -0.3 is 10.4 Å². The molecule has 1 aliphatic heterocycles. The molecule has 2 nitrogen and oxygen atoms in total. The Kier molecular flexibility index (Phi) is 2.60. The summed E-state index contributed by atoms with van der Waals surface area (Å²) in [6.07, 6.45) is 6.12. The summed E-state index contributed by atoms with van der Waals surface area (Å²) in [5.41, 5.74) is 4.19. The van der Waals surface area contributed by atoms with Gasteiger partial charge in [-0.05, 0) is 55.8 Å². The molecule has 0 spiro atoms. The Hall–Kier alpha value is -1.02. The Morgan fingerprint density at radius 3 is 2.88 bits per heavy atom. The van der Waals surface area contributed by atoms with Crippen molar-refractivity contribution in [2.24, 2.45) is 0 Å². The van der Waals surface area contributed by atoms with E-state index in [1.807, 2.05) is 6.07 Å². The van der Waals surface area contributed by atoms with E-state index < -0.39 is 0 Å². The highest BCUT2D eigenvalue weighted by Crippen LogP contribution is 2.37. The second-order valence-corrected chi connectivity index (χ2v) is 5.03. The molecule has 1 aromatic carbocycles. The second kappa shape index (κ2) is 4.10. The lowest BCUT2D eigenvalue weighted by Crippen LogP contribution is -2.12. The molecule has 3 rings (SSSR count). The maximum absolute atomic E-state index is 10.1. The fourth-order valence-electron chi connectivity index (χ4n) is 3.20. The monoisotopic (exact) mass is 217 g/mol. The van der Waals surface area contributed by atoms with Crippen LogP contribution in [0.2, 0.25) is 0 Å². The SMILES string of the molecule is Oc1ccc2c(c1C1CCNC1)CCCC2. The Morgan fingerprint density at radius 2 is 2.06 bits per heavy atom. The largest absolute Gasteiger partial charge is 0.508 e. The van der Waals surface area contributed by atoms with E-state index in [4.69, 9.17) is 0 Å². The highest BCUT2D eigenvalue weighted by atomic mass is 16.3. The van der Waals surface area contributed by atoms with Crippen LogP contribution in [0.5, 0.6) is 5.75 Å². The second-order valence-electron chi connectivity index (χ2n) is 5.03. The first-order chi connectivity index (χ1) is 7.86. The van der Waals surface area contributed by atoms with Crippen molar-refractivity contribution < 1.29 is 5.11 Å². The summed E-state index contributed by atoms with van der Waals surface area (Å²) < 4.78 is 0. The third-order valence-corrected chi connectivity index (χ3v) is 4.02. The van der Waals surface area contributed by atoms with Gasteiger partial charge in [-0.25, -0.2) is 0 Å². The van der Waals surface area contributed by atoms with Gasteiger partial charge in [-0.3, -0.25) is 0 Å². The quantitative estimate of drug-likeness (QED) is 0.757. The molecule has 2 N–H and O–H groups in total. The Morgan fingerprint density at radius 1 is 1.19 bits per heavy atom. The van der Waals surface area contributed by atoms with E-state index in [-0.39, 0.29) is 0 Å². The molecule has 1 heterocycles. The highest BCUT2D eigenvalue weighted by molar-refractivity contribution is 5.48. The molecular weight excluding hydrogens is 198 g/mol. The molecule has 86 valence electrons. The molecule has 0 bridgehead atoms. The van der Waals surface area contributed by atoms with Crippen LogP contribution >= 0.6 is 0 Å². The van der Waals surface area contributed by atoms with Crippen LogP contribution in [-0.4, -0.2) is 18.2 Å². The molecule has 0 aromatic heterocycles. The van der Waals surface area contributed by atoms with E-state index in [1.165, 1.54) is 42.4 Å². The van der Waals surface area contributed by atoms with Crippen molar-refractivity contribution in [3.05, 3.63) is 28.8 Å². The molecule has 1 atom stereocenters. The van der Waals surface area contributed by atoms with Crippen LogP contribution in [0.15, 0.2) is 12.1 Å². The minimum absolute atomic E-state index is 0.523. The maximum atomic E-state index is 10.1. The summed E-state index contributed by atoms with van der Waals surface area (Å²) in [5.74, 6) is 1.06. The lowest BCUT2D eigenvalue weighted by Gasteiger charge is -2.23. The number of benzene rings is 1. The summed E-state index contributed by atoms with van der Waals surface area (Å²) in [5, 5.41) is 13.5. The lowest BCUT2D eigenvalue weighted by atomic mass is 9.83. The third-order valence-electron chi connectivity index (χ3n) is 4.02. The number of aromatic hydroxyl groups is 1. The fourth-order valence-corrected chi connectivity index (χ4v) is 3.20. The third kappa shape index (κ3) is 1.61. The molecule has 2 heteroatoms. The van der Waals surface area contributed by atoms with Gasteiger partial charge in [0.1, 0.15) is 5.75 Å². The minimum atomic E-state index is 0.523. The van der Waals surface area contributed by atoms with Gasteiger partial charge in [0.2, 0.25) is 0 Å². The van der Waals surface area contributed by atoms with Crippen molar-refractivity contribution in [3.8, 4) is 5.75 Å². The lowest BCUT2D eigenvalue weighted by molar-refractivity contribution is 0.459. The van der Waals surface area contributed by atoms with Crippen LogP contribution in [0.3, 0.4) is 0 Å². The first kappa shape index (κ1) is 10.2. The fraction of sp³-hybridized carbons (Fsp3) is 0.571. The molecule has 1 fully saturated rings.